The summed E-state index contributed by atoms with van der Waals surface area (Å²) in [5, 5.41) is 12.8. The highest BCUT2D eigenvalue weighted by molar-refractivity contribution is 5.89. The molecule has 0 aliphatic carbocycles. The van der Waals surface area contributed by atoms with Gasteiger partial charge in [0.1, 0.15) is 5.82 Å². The zero-order chi connectivity index (χ0) is 18.6. The van der Waals surface area contributed by atoms with Crippen LogP contribution in [0.2, 0.25) is 0 Å². The van der Waals surface area contributed by atoms with Gasteiger partial charge in [-0.05, 0) is 30.7 Å². The molecular weight excluding hydrogens is 340 g/mol. The summed E-state index contributed by atoms with van der Waals surface area (Å²) >= 11 is 0. The second-order valence-electron chi connectivity index (χ2n) is 6.71. The van der Waals surface area contributed by atoms with Crippen molar-refractivity contribution >= 4 is 28.4 Å². The molecule has 1 fully saturated rings. The van der Waals surface area contributed by atoms with Crippen molar-refractivity contribution in [3.05, 3.63) is 48.2 Å². The Labute approximate surface area is 158 Å². The topological polar surface area (TPSA) is 77.1 Å². The molecule has 3 aromatic rings. The Balaban J connectivity index is 1.35. The third kappa shape index (κ3) is 3.72. The van der Waals surface area contributed by atoms with Crippen LogP contribution in [0.3, 0.4) is 0 Å². The number of nitrogens with one attached hydrogen (secondary N) is 2. The van der Waals surface area contributed by atoms with Crippen LogP contribution in [-0.4, -0.2) is 58.7 Å². The molecule has 7 nitrogen and oxygen atoms in total. The van der Waals surface area contributed by atoms with Crippen LogP contribution in [0.15, 0.2) is 42.6 Å². The second kappa shape index (κ2) is 7.65. The number of aromatic nitrogens is 3. The number of carbonyl (C=O) groups excluding carboxylic acids is 1. The van der Waals surface area contributed by atoms with Crippen LogP contribution in [0.1, 0.15) is 12.5 Å². The van der Waals surface area contributed by atoms with Gasteiger partial charge in [0, 0.05) is 49.8 Å². The van der Waals surface area contributed by atoms with Crippen molar-refractivity contribution in [2.45, 2.75) is 13.3 Å². The molecule has 1 aliphatic rings. The number of fused-ring (bicyclic) bond motifs is 1. The third-order valence-corrected chi connectivity index (χ3v) is 4.98. The summed E-state index contributed by atoms with van der Waals surface area (Å²) < 4.78 is 0. The predicted molar refractivity (Wildman–Crippen MR) is 107 cm³/mol. The number of rotatable bonds is 5. The number of H-pyrrole nitrogens is 1. The highest BCUT2D eigenvalue weighted by Crippen LogP contribution is 2.20. The Morgan fingerprint density at radius 1 is 1.11 bits per heavy atom. The maximum Gasteiger partial charge on any atom is 0.227 e. The molecular formula is C20H24N6O. The van der Waals surface area contributed by atoms with Gasteiger partial charge >= 0.3 is 0 Å². The van der Waals surface area contributed by atoms with Gasteiger partial charge in [0.05, 0.1) is 6.42 Å². The Morgan fingerprint density at radius 3 is 2.67 bits per heavy atom. The van der Waals surface area contributed by atoms with Crippen LogP contribution in [0.25, 0.3) is 10.9 Å². The average molecular weight is 364 g/mol. The lowest BCUT2D eigenvalue weighted by Crippen LogP contribution is -2.49. The van der Waals surface area contributed by atoms with Gasteiger partial charge in [-0.25, -0.2) is 0 Å². The second-order valence-corrected chi connectivity index (χ2v) is 6.71. The fourth-order valence-corrected chi connectivity index (χ4v) is 3.51. The Hall–Kier alpha value is -3.09. The number of hydrogen-bond acceptors (Lipinski definition) is 5. The number of amides is 1. The Bertz CT molecular complexity index is 912. The first-order valence-corrected chi connectivity index (χ1v) is 9.40. The molecule has 0 radical (unpaired) electrons. The van der Waals surface area contributed by atoms with Crippen molar-refractivity contribution in [1.29, 1.82) is 0 Å². The van der Waals surface area contributed by atoms with E-state index in [4.69, 9.17) is 0 Å². The molecule has 0 spiro atoms. The molecule has 7 heteroatoms. The summed E-state index contributed by atoms with van der Waals surface area (Å²) in [4.78, 5) is 20.1. The molecule has 1 saturated heterocycles. The molecule has 2 N–H and O–H groups in total. The zero-order valence-corrected chi connectivity index (χ0v) is 15.5. The van der Waals surface area contributed by atoms with Crippen LogP contribution in [0.5, 0.6) is 0 Å². The number of anilines is 2. The minimum Gasteiger partial charge on any atom is -0.369 e. The molecule has 1 aromatic carbocycles. The van der Waals surface area contributed by atoms with Crippen molar-refractivity contribution in [2.24, 2.45) is 0 Å². The van der Waals surface area contributed by atoms with Crippen LogP contribution >= 0.6 is 0 Å². The fourth-order valence-electron chi connectivity index (χ4n) is 3.51. The Morgan fingerprint density at radius 2 is 1.93 bits per heavy atom. The maximum atomic E-state index is 12.7. The number of para-hydroxylation sites is 1. The molecule has 4 rings (SSSR count). The highest BCUT2D eigenvalue weighted by atomic mass is 16.2. The summed E-state index contributed by atoms with van der Waals surface area (Å²) in [6.45, 7) is 5.81. The minimum absolute atomic E-state index is 0.174. The number of benzene rings is 1. The quantitative estimate of drug-likeness (QED) is 0.726. The molecule has 3 heterocycles. The van der Waals surface area contributed by atoms with Gasteiger partial charge in [-0.2, -0.15) is 0 Å². The fraction of sp³-hybridized carbons (Fsp3) is 0.350. The van der Waals surface area contributed by atoms with Crippen LogP contribution in [0, 0.1) is 0 Å². The van der Waals surface area contributed by atoms with E-state index < -0.39 is 0 Å². The molecule has 140 valence electrons. The zero-order valence-electron chi connectivity index (χ0n) is 15.5. The van der Waals surface area contributed by atoms with Crippen molar-refractivity contribution in [3.63, 3.8) is 0 Å². The molecule has 0 bridgehead atoms. The van der Waals surface area contributed by atoms with Crippen LogP contribution < -0.4 is 10.2 Å². The summed E-state index contributed by atoms with van der Waals surface area (Å²) in [7, 11) is 0. The van der Waals surface area contributed by atoms with Gasteiger partial charge in [0.15, 0.2) is 5.82 Å². The van der Waals surface area contributed by atoms with E-state index in [2.05, 4.69) is 31.5 Å². The van der Waals surface area contributed by atoms with Gasteiger partial charge in [-0.15, -0.1) is 10.2 Å². The van der Waals surface area contributed by atoms with Crippen LogP contribution in [0.4, 0.5) is 11.6 Å². The van der Waals surface area contributed by atoms with Crippen molar-refractivity contribution in [1.82, 2.24) is 20.1 Å². The summed E-state index contributed by atoms with van der Waals surface area (Å²) in [6, 6.07) is 12.0. The first kappa shape index (κ1) is 17.3. The minimum atomic E-state index is 0.174. The SMILES string of the molecule is CCNc1ccc(N2CCN(C(=O)Cc3c[nH]c4ccccc34)CC2)nn1. The Kier molecular flexibility index (Phi) is 4.91. The number of piperazine rings is 1. The molecule has 1 aliphatic heterocycles. The monoisotopic (exact) mass is 364 g/mol. The van der Waals surface area contributed by atoms with Gasteiger partial charge in [0.25, 0.3) is 0 Å². The number of nitrogens with zero attached hydrogens (tertiary/aromatic N) is 4. The average Bonchev–Trinajstić information content (AvgIpc) is 3.12. The largest absolute Gasteiger partial charge is 0.369 e. The van der Waals surface area contributed by atoms with Gasteiger partial charge in [0.2, 0.25) is 5.91 Å². The number of aromatic amines is 1. The smallest absolute Gasteiger partial charge is 0.227 e. The lowest BCUT2D eigenvalue weighted by Gasteiger charge is -2.35. The number of hydrogen-bond donors (Lipinski definition) is 2. The van der Waals surface area contributed by atoms with Crippen molar-refractivity contribution < 1.29 is 4.79 Å². The molecule has 1 amide bonds. The van der Waals surface area contributed by atoms with Gasteiger partial charge in [-0.3, -0.25) is 4.79 Å². The molecule has 0 unspecified atom stereocenters. The molecule has 0 saturated carbocycles. The normalized spacial score (nSPS) is 14.6. The van der Waals surface area contributed by atoms with E-state index in [9.17, 15) is 4.79 Å². The third-order valence-electron chi connectivity index (χ3n) is 4.98. The van der Waals surface area contributed by atoms with E-state index in [0.29, 0.717) is 19.5 Å². The predicted octanol–water partition coefficient (Wildman–Crippen LogP) is 2.28. The molecule has 0 atom stereocenters. The van der Waals surface area contributed by atoms with E-state index in [0.717, 1.165) is 47.7 Å². The summed E-state index contributed by atoms with van der Waals surface area (Å²) in [5.74, 6) is 1.82. The summed E-state index contributed by atoms with van der Waals surface area (Å²) in [5.41, 5.74) is 2.13. The first-order valence-electron chi connectivity index (χ1n) is 9.40. The molecule has 27 heavy (non-hydrogen) atoms. The lowest BCUT2D eigenvalue weighted by atomic mass is 10.1. The number of carbonyl (C=O) groups is 1. The highest BCUT2D eigenvalue weighted by Gasteiger charge is 2.22. The molecule has 2 aromatic heterocycles. The summed E-state index contributed by atoms with van der Waals surface area (Å²) in [6.07, 6.45) is 2.38. The standard InChI is InChI=1S/C20H24N6O/c1-2-21-18-7-8-19(24-23-18)25-9-11-26(12-10-25)20(27)13-15-14-22-17-6-4-3-5-16(15)17/h3-8,14,22H,2,9-13H2,1H3,(H,21,23). The van der Waals surface area contributed by atoms with Gasteiger partial charge < -0.3 is 20.1 Å². The van der Waals surface area contributed by atoms with E-state index >= 15 is 0 Å². The van der Waals surface area contributed by atoms with Gasteiger partial charge in [-0.1, -0.05) is 18.2 Å². The first-order chi connectivity index (χ1) is 13.2. The maximum absolute atomic E-state index is 12.7. The van der Waals surface area contributed by atoms with E-state index in [-0.39, 0.29) is 5.91 Å². The van der Waals surface area contributed by atoms with Crippen molar-refractivity contribution in [2.75, 3.05) is 42.9 Å². The van der Waals surface area contributed by atoms with Crippen LogP contribution in [-0.2, 0) is 11.2 Å². The van der Waals surface area contributed by atoms with Crippen molar-refractivity contribution in [3.8, 4) is 0 Å². The van der Waals surface area contributed by atoms with E-state index in [1.807, 2.05) is 48.4 Å². The lowest BCUT2D eigenvalue weighted by molar-refractivity contribution is -0.130. The van der Waals surface area contributed by atoms with E-state index in [1.54, 1.807) is 0 Å². The van der Waals surface area contributed by atoms with E-state index in [1.165, 1.54) is 0 Å².